The molecule has 0 aromatic heterocycles. The van der Waals surface area contributed by atoms with E-state index < -0.39 is 11.8 Å². The average Bonchev–Trinajstić information content (AvgIpc) is 2.64. The number of halogens is 1. The van der Waals surface area contributed by atoms with E-state index in [1.807, 2.05) is 0 Å². The van der Waals surface area contributed by atoms with Crippen LogP contribution in [0.15, 0.2) is 10.5 Å². The van der Waals surface area contributed by atoms with Gasteiger partial charge >= 0.3 is 5.97 Å². The Kier molecular flexibility index (Phi) is 4.65. The lowest BCUT2D eigenvalue weighted by atomic mass is 10.0. The van der Waals surface area contributed by atoms with Crippen LogP contribution in [-0.4, -0.2) is 31.6 Å². The summed E-state index contributed by atoms with van der Waals surface area (Å²) in [5, 5.41) is 0. The van der Waals surface area contributed by atoms with E-state index in [2.05, 4.69) is 15.9 Å². The first kappa shape index (κ1) is 14.8. The van der Waals surface area contributed by atoms with Crippen LogP contribution in [0.2, 0.25) is 0 Å². The number of benzene rings is 1. The minimum atomic E-state index is -0.870. The fourth-order valence-corrected chi connectivity index (χ4v) is 2.69. The van der Waals surface area contributed by atoms with E-state index in [9.17, 15) is 9.59 Å². The molecule has 1 aromatic carbocycles. The molecule has 0 N–H and O–H groups in total. The summed E-state index contributed by atoms with van der Waals surface area (Å²) in [6.45, 7) is 4.62. The van der Waals surface area contributed by atoms with E-state index in [0.29, 0.717) is 34.7 Å². The fourth-order valence-electron chi connectivity index (χ4n) is 2.01. The van der Waals surface area contributed by atoms with Gasteiger partial charge in [-0.2, -0.15) is 0 Å². The SMILES string of the molecule is CCOC(=O)C(=O)c1c(Br)cc2c(c1C)OCCCO2. The Morgan fingerprint density at radius 1 is 1.35 bits per heavy atom. The van der Waals surface area contributed by atoms with Crippen molar-refractivity contribution in [2.75, 3.05) is 19.8 Å². The molecular formula is C14H15BrO5. The van der Waals surface area contributed by atoms with Crippen molar-refractivity contribution in [2.45, 2.75) is 20.3 Å². The number of fused-ring (bicyclic) bond motifs is 1. The molecule has 0 fully saturated rings. The normalized spacial score (nSPS) is 13.6. The third-order valence-electron chi connectivity index (χ3n) is 2.92. The number of hydrogen-bond acceptors (Lipinski definition) is 5. The maximum Gasteiger partial charge on any atom is 0.379 e. The molecule has 1 aromatic rings. The zero-order chi connectivity index (χ0) is 14.7. The highest BCUT2D eigenvalue weighted by Crippen LogP contribution is 2.39. The lowest BCUT2D eigenvalue weighted by Gasteiger charge is -2.15. The Morgan fingerprint density at radius 3 is 2.75 bits per heavy atom. The van der Waals surface area contributed by atoms with E-state index in [0.717, 1.165) is 6.42 Å². The zero-order valence-electron chi connectivity index (χ0n) is 11.3. The van der Waals surface area contributed by atoms with Crippen molar-refractivity contribution in [1.29, 1.82) is 0 Å². The van der Waals surface area contributed by atoms with E-state index in [1.165, 1.54) is 0 Å². The summed E-state index contributed by atoms with van der Waals surface area (Å²) in [4.78, 5) is 23.8. The van der Waals surface area contributed by atoms with Gasteiger partial charge in [-0.05, 0) is 35.8 Å². The van der Waals surface area contributed by atoms with Crippen LogP contribution in [0.25, 0.3) is 0 Å². The third-order valence-corrected chi connectivity index (χ3v) is 3.54. The van der Waals surface area contributed by atoms with Crippen molar-refractivity contribution in [3.05, 3.63) is 21.7 Å². The van der Waals surface area contributed by atoms with E-state index >= 15 is 0 Å². The van der Waals surface area contributed by atoms with Crippen LogP contribution in [0.5, 0.6) is 11.5 Å². The molecule has 0 aliphatic carbocycles. The summed E-state index contributed by atoms with van der Waals surface area (Å²) >= 11 is 3.31. The summed E-state index contributed by atoms with van der Waals surface area (Å²) in [7, 11) is 0. The predicted octanol–water partition coefficient (Wildman–Crippen LogP) is 2.66. The monoisotopic (exact) mass is 342 g/mol. The first-order valence-corrected chi connectivity index (χ1v) is 7.15. The molecule has 0 unspecified atom stereocenters. The molecule has 1 aliphatic rings. The topological polar surface area (TPSA) is 61.8 Å². The molecule has 20 heavy (non-hydrogen) atoms. The highest BCUT2D eigenvalue weighted by molar-refractivity contribution is 9.10. The number of rotatable bonds is 3. The van der Waals surface area contributed by atoms with Crippen LogP contribution >= 0.6 is 15.9 Å². The Hall–Kier alpha value is -1.56. The predicted molar refractivity (Wildman–Crippen MR) is 75.4 cm³/mol. The molecule has 108 valence electrons. The molecule has 0 bridgehead atoms. The van der Waals surface area contributed by atoms with Crippen molar-refractivity contribution in [3.63, 3.8) is 0 Å². The van der Waals surface area contributed by atoms with Gasteiger partial charge in [0.25, 0.3) is 5.78 Å². The van der Waals surface area contributed by atoms with Gasteiger partial charge in [-0.1, -0.05) is 0 Å². The second-order valence-electron chi connectivity index (χ2n) is 4.29. The first-order valence-electron chi connectivity index (χ1n) is 6.36. The molecule has 0 amide bonds. The van der Waals surface area contributed by atoms with Crippen molar-refractivity contribution in [3.8, 4) is 11.5 Å². The van der Waals surface area contributed by atoms with Gasteiger partial charge in [0, 0.05) is 16.5 Å². The molecule has 0 spiro atoms. The summed E-state index contributed by atoms with van der Waals surface area (Å²) in [5.74, 6) is -0.469. The molecule has 0 saturated carbocycles. The van der Waals surface area contributed by atoms with Crippen molar-refractivity contribution < 1.29 is 23.8 Å². The molecule has 0 radical (unpaired) electrons. The molecule has 2 rings (SSSR count). The first-order chi connectivity index (χ1) is 9.56. The number of ketones is 1. The van der Waals surface area contributed by atoms with E-state index in [4.69, 9.17) is 14.2 Å². The molecule has 6 heteroatoms. The van der Waals surface area contributed by atoms with Crippen molar-refractivity contribution in [1.82, 2.24) is 0 Å². The average molecular weight is 343 g/mol. The lowest BCUT2D eigenvalue weighted by molar-refractivity contribution is -0.137. The Labute approximate surface area is 125 Å². The highest BCUT2D eigenvalue weighted by atomic mass is 79.9. The zero-order valence-corrected chi connectivity index (χ0v) is 12.9. The number of ether oxygens (including phenoxy) is 3. The van der Waals surface area contributed by atoms with E-state index in [-0.39, 0.29) is 12.2 Å². The molecule has 1 heterocycles. The van der Waals surface area contributed by atoms with Crippen LogP contribution in [0.1, 0.15) is 29.3 Å². The second-order valence-corrected chi connectivity index (χ2v) is 5.14. The van der Waals surface area contributed by atoms with Crippen LogP contribution in [0.3, 0.4) is 0 Å². The third kappa shape index (κ3) is 2.80. The van der Waals surface area contributed by atoms with Gasteiger partial charge < -0.3 is 14.2 Å². The molecule has 5 nitrogen and oxygen atoms in total. The quantitative estimate of drug-likeness (QED) is 0.480. The summed E-state index contributed by atoms with van der Waals surface area (Å²) in [6, 6.07) is 1.65. The van der Waals surface area contributed by atoms with Crippen molar-refractivity contribution in [2.24, 2.45) is 0 Å². The number of Topliss-reactive ketones (excluding diaryl/α,β-unsaturated/α-hetero) is 1. The number of esters is 1. The van der Waals surface area contributed by atoms with Gasteiger partial charge in [0.1, 0.15) is 0 Å². The van der Waals surface area contributed by atoms with Gasteiger partial charge in [-0.15, -0.1) is 0 Å². The van der Waals surface area contributed by atoms with Gasteiger partial charge in [-0.25, -0.2) is 4.79 Å². The number of carbonyl (C=O) groups excluding carboxylic acids is 2. The largest absolute Gasteiger partial charge is 0.490 e. The molecule has 0 atom stereocenters. The molecule has 0 saturated heterocycles. The maximum absolute atomic E-state index is 12.1. The summed E-state index contributed by atoms with van der Waals surface area (Å²) in [5.41, 5.74) is 0.835. The second kappa shape index (κ2) is 6.26. The van der Waals surface area contributed by atoms with Crippen LogP contribution in [0.4, 0.5) is 0 Å². The van der Waals surface area contributed by atoms with Crippen LogP contribution in [-0.2, 0) is 9.53 Å². The van der Waals surface area contributed by atoms with Gasteiger partial charge in [0.15, 0.2) is 11.5 Å². The summed E-state index contributed by atoms with van der Waals surface area (Å²) in [6.07, 6.45) is 0.771. The smallest absolute Gasteiger partial charge is 0.379 e. The van der Waals surface area contributed by atoms with Gasteiger partial charge in [-0.3, -0.25) is 4.79 Å². The summed E-state index contributed by atoms with van der Waals surface area (Å²) < 4.78 is 16.4. The fraction of sp³-hybridized carbons (Fsp3) is 0.429. The number of carbonyl (C=O) groups is 2. The minimum Gasteiger partial charge on any atom is -0.490 e. The van der Waals surface area contributed by atoms with Gasteiger partial charge in [0.05, 0.1) is 25.4 Å². The van der Waals surface area contributed by atoms with E-state index in [1.54, 1.807) is 19.9 Å². The molecular weight excluding hydrogens is 328 g/mol. The minimum absolute atomic E-state index is 0.159. The maximum atomic E-state index is 12.1. The lowest BCUT2D eigenvalue weighted by Crippen LogP contribution is -2.19. The van der Waals surface area contributed by atoms with Crippen LogP contribution in [0, 0.1) is 6.92 Å². The van der Waals surface area contributed by atoms with Crippen molar-refractivity contribution >= 4 is 27.7 Å². The highest BCUT2D eigenvalue weighted by Gasteiger charge is 2.27. The number of hydrogen-bond donors (Lipinski definition) is 0. The van der Waals surface area contributed by atoms with Crippen LogP contribution < -0.4 is 9.47 Å². The Morgan fingerprint density at radius 2 is 2.05 bits per heavy atom. The Balaban J connectivity index is 2.46. The Bertz CT molecular complexity index is 553. The molecule has 1 aliphatic heterocycles. The van der Waals surface area contributed by atoms with Gasteiger partial charge in [0.2, 0.25) is 0 Å². The standard InChI is InChI=1S/C14H15BrO5/c1-3-18-14(17)12(16)11-8(2)13-10(7-9(11)15)19-5-4-6-20-13/h7H,3-6H2,1-2H3.